The Hall–Kier alpha value is -2.49. The second-order valence-electron chi connectivity index (χ2n) is 4.58. The maximum absolute atomic E-state index is 14.0. The van der Waals surface area contributed by atoms with Crippen molar-refractivity contribution in [3.63, 3.8) is 0 Å². The molecule has 0 bridgehead atoms. The Labute approximate surface area is 123 Å². The quantitative estimate of drug-likeness (QED) is 0.650. The van der Waals surface area contributed by atoms with Crippen molar-refractivity contribution in [3.05, 3.63) is 66.0 Å². The first-order valence-electron chi connectivity index (χ1n) is 6.59. The third-order valence-corrected chi connectivity index (χ3v) is 3.10. The second-order valence-corrected chi connectivity index (χ2v) is 4.58. The van der Waals surface area contributed by atoms with Gasteiger partial charge in [0.05, 0.1) is 7.11 Å². The van der Waals surface area contributed by atoms with E-state index in [2.05, 4.69) is 6.58 Å². The van der Waals surface area contributed by atoms with E-state index in [0.29, 0.717) is 23.4 Å². The van der Waals surface area contributed by atoms with Crippen LogP contribution >= 0.6 is 0 Å². The van der Waals surface area contributed by atoms with E-state index in [1.165, 1.54) is 7.11 Å². The van der Waals surface area contributed by atoms with Crippen molar-refractivity contribution in [2.75, 3.05) is 12.8 Å². The van der Waals surface area contributed by atoms with E-state index in [9.17, 15) is 4.39 Å². The third kappa shape index (κ3) is 3.54. The summed E-state index contributed by atoms with van der Waals surface area (Å²) in [7, 11) is 1.44. The minimum absolute atomic E-state index is 0.122. The van der Waals surface area contributed by atoms with Crippen molar-refractivity contribution in [3.8, 4) is 11.5 Å². The molecule has 0 amide bonds. The van der Waals surface area contributed by atoms with Crippen LogP contribution in [0.5, 0.6) is 11.5 Å². The zero-order valence-electron chi connectivity index (χ0n) is 11.9. The Morgan fingerprint density at radius 1 is 1.19 bits per heavy atom. The molecular weight excluding hydrogens is 269 g/mol. The van der Waals surface area contributed by atoms with E-state index in [0.717, 1.165) is 5.56 Å². The zero-order chi connectivity index (χ0) is 15.2. The number of hydrogen-bond acceptors (Lipinski definition) is 3. The monoisotopic (exact) mass is 287 g/mol. The first kappa shape index (κ1) is 14.9. The summed E-state index contributed by atoms with van der Waals surface area (Å²) < 4.78 is 24.7. The number of allylic oxidation sites excluding steroid dienone is 1. The highest BCUT2D eigenvalue weighted by molar-refractivity contribution is 5.48. The minimum Gasteiger partial charge on any atom is -0.494 e. The van der Waals surface area contributed by atoms with Crippen molar-refractivity contribution < 1.29 is 13.9 Å². The molecule has 0 radical (unpaired) electrons. The first-order chi connectivity index (χ1) is 10.2. The van der Waals surface area contributed by atoms with Crippen LogP contribution in [0.1, 0.15) is 11.1 Å². The molecule has 2 rings (SSSR count). The number of ether oxygens (including phenoxy) is 2. The molecule has 4 heteroatoms. The van der Waals surface area contributed by atoms with Crippen molar-refractivity contribution in [1.29, 1.82) is 0 Å². The highest BCUT2D eigenvalue weighted by atomic mass is 19.1. The lowest BCUT2D eigenvalue weighted by Gasteiger charge is -2.12. The summed E-state index contributed by atoms with van der Waals surface area (Å²) in [4.78, 5) is 0. The summed E-state index contributed by atoms with van der Waals surface area (Å²) in [5.74, 6) is 0.478. The van der Waals surface area contributed by atoms with Gasteiger partial charge in [-0.1, -0.05) is 18.2 Å². The lowest BCUT2D eigenvalue weighted by molar-refractivity contribution is 0.293. The molecule has 0 saturated heterocycles. The number of nitrogen functional groups attached to an aromatic ring is 1. The Balaban J connectivity index is 2.18. The summed E-state index contributed by atoms with van der Waals surface area (Å²) >= 11 is 0. The number of halogens is 1. The van der Waals surface area contributed by atoms with Crippen LogP contribution < -0.4 is 15.2 Å². The molecule has 0 atom stereocenters. The molecule has 0 fully saturated rings. The average molecular weight is 287 g/mol. The predicted molar refractivity (Wildman–Crippen MR) is 82.0 cm³/mol. The summed E-state index contributed by atoms with van der Waals surface area (Å²) in [6.07, 6.45) is 2.41. The number of nitrogens with two attached hydrogens (primary N) is 1. The lowest BCUT2D eigenvalue weighted by Crippen LogP contribution is -2.02. The van der Waals surface area contributed by atoms with E-state index in [4.69, 9.17) is 15.2 Å². The van der Waals surface area contributed by atoms with Crippen molar-refractivity contribution in [2.45, 2.75) is 13.0 Å². The van der Waals surface area contributed by atoms with Gasteiger partial charge in [0.25, 0.3) is 0 Å². The fourth-order valence-electron chi connectivity index (χ4n) is 2.04. The van der Waals surface area contributed by atoms with Crippen LogP contribution in [-0.4, -0.2) is 7.11 Å². The number of methoxy groups -OCH3 is 1. The molecule has 21 heavy (non-hydrogen) atoms. The summed E-state index contributed by atoms with van der Waals surface area (Å²) in [6.45, 7) is 3.83. The molecule has 0 heterocycles. The molecule has 0 saturated carbocycles. The molecular formula is C17H18FNO2. The zero-order valence-corrected chi connectivity index (χ0v) is 11.9. The molecule has 0 aliphatic rings. The van der Waals surface area contributed by atoms with E-state index >= 15 is 0 Å². The summed E-state index contributed by atoms with van der Waals surface area (Å²) in [5, 5.41) is 0. The van der Waals surface area contributed by atoms with Crippen LogP contribution in [0.25, 0.3) is 0 Å². The van der Waals surface area contributed by atoms with Gasteiger partial charge in [-0.25, -0.2) is 4.39 Å². The van der Waals surface area contributed by atoms with Gasteiger partial charge in [0.15, 0.2) is 11.6 Å². The lowest BCUT2D eigenvalue weighted by atomic mass is 10.1. The topological polar surface area (TPSA) is 44.5 Å². The minimum atomic E-state index is -0.402. The van der Waals surface area contributed by atoms with Gasteiger partial charge in [-0.05, 0) is 36.2 Å². The molecule has 2 aromatic carbocycles. The molecule has 0 aromatic heterocycles. The first-order valence-corrected chi connectivity index (χ1v) is 6.59. The normalized spacial score (nSPS) is 10.2. The van der Waals surface area contributed by atoms with Crippen LogP contribution in [0, 0.1) is 5.82 Å². The Morgan fingerprint density at radius 3 is 2.71 bits per heavy atom. The summed E-state index contributed by atoms with van der Waals surface area (Å²) in [5.41, 5.74) is 7.78. The van der Waals surface area contributed by atoms with Crippen molar-refractivity contribution in [1.82, 2.24) is 0 Å². The fraction of sp³-hybridized carbons (Fsp3) is 0.176. The largest absolute Gasteiger partial charge is 0.494 e. The Morgan fingerprint density at radius 2 is 2.00 bits per heavy atom. The summed E-state index contributed by atoms with van der Waals surface area (Å²) in [6, 6.07) is 10.3. The molecule has 3 nitrogen and oxygen atoms in total. The van der Waals surface area contributed by atoms with Gasteiger partial charge >= 0.3 is 0 Å². The van der Waals surface area contributed by atoms with Gasteiger partial charge in [-0.2, -0.15) is 0 Å². The van der Waals surface area contributed by atoms with E-state index < -0.39 is 5.82 Å². The van der Waals surface area contributed by atoms with Gasteiger partial charge in [0.1, 0.15) is 12.4 Å². The van der Waals surface area contributed by atoms with E-state index in [1.54, 1.807) is 36.4 Å². The SMILES string of the molecule is C=CCc1cc(N)ccc1OCc1cccc(OC)c1F. The maximum Gasteiger partial charge on any atom is 0.171 e. The second kappa shape index (κ2) is 6.79. The molecule has 0 aliphatic carbocycles. The van der Waals surface area contributed by atoms with Gasteiger partial charge < -0.3 is 15.2 Å². The molecule has 2 aromatic rings. The van der Waals surface area contributed by atoms with E-state index in [-0.39, 0.29) is 12.4 Å². The Bertz CT molecular complexity index is 641. The number of benzene rings is 2. The van der Waals surface area contributed by atoms with Crippen LogP contribution in [0.15, 0.2) is 49.1 Å². The Kier molecular flexibility index (Phi) is 4.82. The van der Waals surface area contributed by atoms with E-state index in [1.807, 2.05) is 6.07 Å². The van der Waals surface area contributed by atoms with Crippen molar-refractivity contribution in [2.24, 2.45) is 0 Å². The molecule has 0 unspecified atom stereocenters. The van der Waals surface area contributed by atoms with Gasteiger partial charge in [-0.15, -0.1) is 6.58 Å². The predicted octanol–water partition coefficient (Wildman–Crippen LogP) is 3.72. The molecule has 110 valence electrons. The third-order valence-electron chi connectivity index (χ3n) is 3.10. The number of anilines is 1. The highest BCUT2D eigenvalue weighted by Crippen LogP contribution is 2.25. The molecule has 2 N–H and O–H groups in total. The number of rotatable bonds is 6. The smallest absolute Gasteiger partial charge is 0.171 e. The van der Waals surface area contributed by atoms with Gasteiger partial charge in [-0.3, -0.25) is 0 Å². The van der Waals surface area contributed by atoms with Crippen molar-refractivity contribution >= 4 is 5.69 Å². The van der Waals surface area contributed by atoms with Gasteiger partial charge in [0, 0.05) is 11.3 Å². The van der Waals surface area contributed by atoms with Crippen LogP contribution in [0.4, 0.5) is 10.1 Å². The van der Waals surface area contributed by atoms with Crippen LogP contribution in [0.3, 0.4) is 0 Å². The maximum atomic E-state index is 14.0. The van der Waals surface area contributed by atoms with Gasteiger partial charge in [0.2, 0.25) is 0 Å². The fourth-order valence-corrected chi connectivity index (χ4v) is 2.04. The highest BCUT2D eigenvalue weighted by Gasteiger charge is 2.10. The van der Waals surface area contributed by atoms with Crippen LogP contribution in [-0.2, 0) is 13.0 Å². The molecule has 0 spiro atoms. The standard InChI is InChI=1S/C17H18FNO2/c1-3-5-12-10-14(19)8-9-15(12)21-11-13-6-4-7-16(20-2)17(13)18/h3-4,6-10H,1,5,11,19H2,2H3. The molecule has 0 aliphatic heterocycles. The van der Waals surface area contributed by atoms with Crippen LogP contribution in [0.2, 0.25) is 0 Å². The average Bonchev–Trinajstić information content (AvgIpc) is 2.48. The number of hydrogen-bond donors (Lipinski definition) is 1.